The predicted molar refractivity (Wildman–Crippen MR) is 46.0 cm³/mol. The van der Waals surface area contributed by atoms with Crippen molar-refractivity contribution in [1.82, 2.24) is 0 Å². The summed E-state index contributed by atoms with van der Waals surface area (Å²) in [4.78, 5) is 0. The predicted octanol–water partition coefficient (Wildman–Crippen LogP) is 3.47. The minimum absolute atomic E-state index is 0.924. The molecule has 0 aromatic carbocycles. The molecule has 0 aliphatic heterocycles. The van der Waals surface area contributed by atoms with Gasteiger partial charge in [0.2, 0.25) is 0 Å². The Hall–Kier alpha value is 0. The summed E-state index contributed by atoms with van der Waals surface area (Å²) in [5, 5.41) is 0. The van der Waals surface area contributed by atoms with Gasteiger partial charge in [-0.2, -0.15) is 0 Å². The van der Waals surface area contributed by atoms with Crippen molar-refractivity contribution in [3.8, 4) is 0 Å². The fraction of sp³-hybridized carbons (Fsp3) is 1.00. The topological polar surface area (TPSA) is 0 Å². The molecule has 0 aromatic rings. The maximum atomic E-state index is 2.39. The van der Waals surface area contributed by atoms with E-state index in [1.807, 2.05) is 0 Å². The molecule has 0 saturated heterocycles. The van der Waals surface area contributed by atoms with Crippen molar-refractivity contribution >= 4 is 0 Å². The highest BCUT2D eigenvalue weighted by Crippen LogP contribution is 2.32. The maximum absolute atomic E-state index is 2.39. The lowest BCUT2D eigenvalue weighted by atomic mass is 9.78. The normalized spacial score (nSPS) is 34.8. The van der Waals surface area contributed by atoms with E-state index in [2.05, 4.69) is 20.8 Å². The highest BCUT2D eigenvalue weighted by Gasteiger charge is 2.19. The van der Waals surface area contributed by atoms with E-state index >= 15 is 0 Å². The van der Waals surface area contributed by atoms with Crippen LogP contribution in [0.3, 0.4) is 0 Å². The number of hydrogen-bond acceptors (Lipinski definition) is 0. The second-order valence-electron chi connectivity index (χ2n) is 4.26. The first-order chi connectivity index (χ1) is 4.70. The highest BCUT2D eigenvalue weighted by molar-refractivity contribution is 4.71. The Bertz CT molecular complexity index is 86.2. The fourth-order valence-corrected chi connectivity index (χ4v) is 1.95. The first-order valence-electron chi connectivity index (χ1n) is 4.70. The van der Waals surface area contributed by atoms with Crippen LogP contribution in [0.4, 0.5) is 0 Å². The minimum atomic E-state index is 0.924. The van der Waals surface area contributed by atoms with Crippen molar-refractivity contribution in [3.05, 3.63) is 0 Å². The van der Waals surface area contributed by atoms with E-state index in [0.29, 0.717) is 0 Å². The van der Waals surface area contributed by atoms with Gasteiger partial charge < -0.3 is 0 Å². The monoisotopic (exact) mass is 140 g/mol. The molecule has 0 spiro atoms. The van der Waals surface area contributed by atoms with E-state index in [9.17, 15) is 0 Å². The molecular formula is C10H20. The highest BCUT2D eigenvalue weighted by atomic mass is 14.3. The van der Waals surface area contributed by atoms with Gasteiger partial charge in [-0.25, -0.2) is 0 Å². The maximum Gasteiger partial charge on any atom is -0.0391 e. The van der Waals surface area contributed by atoms with Gasteiger partial charge >= 0.3 is 0 Å². The van der Waals surface area contributed by atoms with Crippen LogP contribution < -0.4 is 0 Å². The van der Waals surface area contributed by atoms with Gasteiger partial charge in [-0.15, -0.1) is 0 Å². The summed E-state index contributed by atoms with van der Waals surface area (Å²) in [6, 6.07) is 0. The Morgan fingerprint density at radius 1 is 1.00 bits per heavy atom. The van der Waals surface area contributed by atoms with Crippen molar-refractivity contribution in [2.45, 2.75) is 46.5 Å². The lowest BCUT2D eigenvalue weighted by Gasteiger charge is -2.28. The molecule has 1 rings (SSSR count). The molecule has 60 valence electrons. The standard InChI is InChI=1S/C10H20/c1-8(2)10-6-4-9(3)5-7-10/h8-10H,4-7H2,1-3H3. The SMILES string of the molecule is CC1CCC(C(C)C)CC1. The zero-order valence-corrected chi connectivity index (χ0v) is 7.56. The summed E-state index contributed by atoms with van der Waals surface area (Å²) < 4.78 is 0. The van der Waals surface area contributed by atoms with Gasteiger partial charge in [-0.3, -0.25) is 0 Å². The van der Waals surface area contributed by atoms with Crippen LogP contribution in [0.2, 0.25) is 0 Å². The molecule has 0 heteroatoms. The Kier molecular flexibility index (Phi) is 2.76. The quantitative estimate of drug-likeness (QED) is 0.523. The average molecular weight is 140 g/mol. The summed E-state index contributed by atoms with van der Waals surface area (Å²) >= 11 is 0. The van der Waals surface area contributed by atoms with Crippen LogP contribution in [0.5, 0.6) is 0 Å². The lowest BCUT2D eigenvalue weighted by molar-refractivity contribution is 0.234. The molecule has 1 aliphatic rings. The van der Waals surface area contributed by atoms with Crippen LogP contribution in [0, 0.1) is 17.8 Å². The molecule has 1 fully saturated rings. The second kappa shape index (κ2) is 3.41. The molecule has 0 bridgehead atoms. The average Bonchev–Trinajstić information content (AvgIpc) is 1.88. The molecule has 10 heavy (non-hydrogen) atoms. The van der Waals surface area contributed by atoms with Gasteiger partial charge in [0.05, 0.1) is 0 Å². The molecule has 1 aliphatic carbocycles. The van der Waals surface area contributed by atoms with Crippen molar-refractivity contribution in [3.63, 3.8) is 0 Å². The smallest absolute Gasteiger partial charge is 0.0391 e. The molecule has 0 N–H and O–H groups in total. The van der Waals surface area contributed by atoms with Crippen LogP contribution in [-0.4, -0.2) is 0 Å². The number of hydrogen-bond donors (Lipinski definition) is 0. The molecule has 0 unspecified atom stereocenters. The van der Waals surface area contributed by atoms with Crippen LogP contribution in [-0.2, 0) is 0 Å². The molecule has 0 atom stereocenters. The van der Waals surface area contributed by atoms with E-state index in [0.717, 1.165) is 17.8 Å². The van der Waals surface area contributed by atoms with Crippen LogP contribution >= 0.6 is 0 Å². The largest absolute Gasteiger partial charge is 0.0625 e. The Labute approximate surface area is 65.0 Å². The third-order valence-electron chi connectivity index (χ3n) is 3.00. The van der Waals surface area contributed by atoms with Gasteiger partial charge in [-0.1, -0.05) is 33.6 Å². The zero-order chi connectivity index (χ0) is 7.56. The van der Waals surface area contributed by atoms with Gasteiger partial charge in [0.15, 0.2) is 0 Å². The summed E-state index contributed by atoms with van der Waals surface area (Å²) in [5.74, 6) is 2.97. The second-order valence-corrected chi connectivity index (χ2v) is 4.26. The van der Waals surface area contributed by atoms with Crippen molar-refractivity contribution in [2.24, 2.45) is 17.8 Å². The molecule has 0 aromatic heterocycles. The molecule has 0 radical (unpaired) electrons. The third-order valence-corrected chi connectivity index (χ3v) is 3.00. The number of rotatable bonds is 1. The van der Waals surface area contributed by atoms with Crippen LogP contribution in [0.15, 0.2) is 0 Å². The van der Waals surface area contributed by atoms with E-state index in [1.165, 1.54) is 25.7 Å². The van der Waals surface area contributed by atoms with Gasteiger partial charge in [0, 0.05) is 0 Å². The van der Waals surface area contributed by atoms with Gasteiger partial charge in [0.1, 0.15) is 0 Å². The minimum Gasteiger partial charge on any atom is -0.0625 e. The van der Waals surface area contributed by atoms with Crippen LogP contribution in [0.25, 0.3) is 0 Å². The van der Waals surface area contributed by atoms with Crippen molar-refractivity contribution in [2.75, 3.05) is 0 Å². The van der Waals surface area contributed by atoms with Crippen LogP contribution in [0.1, 0.15) is 46.5 Å². The molecule has 0 nitrogen and oxygen atoms in total. The molecule has 1 saturated carbocycles. The van der Waals surface area contributed by atoms with Crippen molar-refractivity contribution in [1.29, 1.82) is 0 Å². The van der Waals surface area contributed by atoms with E-state index in [-0.39, 0.29) is 0 Å². The summed E-state index contributed by atoms with van der Waals surface area (Å²) in [6.45, 7) is 7.11. The Morgan fingerprint density at radius 3 is 1.90 bits per heavy atom. The molecule has 0 amide bonds. The summed E-state index contributed by atoms with van der Waals surface area (Å²) in [5.41, 5.74) is 0. The zero-order valence-electron chi connectivity index (χ0n) is 7.56. The Morgan fingerprint density at radius 2 is 1.50 bits per heavy atom. The first-order valence-corrected chi connectivity index (χ1v) is 4.70. The lowest BCUT2D eigenvalue weighted by Crippen LogP contribution is -2.16. The van der Waals surface area contributed by atoms with Gasteiger partial charge in [0.25, 0.3) is 0 Å². The van der Waals surface area contributed by atoms with E-state index in [1.54, 1.807) is 0 Å². The Balaban J connectivity index is 2.26. The van der Waals surface area contributed by atoms with E-state index < -0.39 is 0 Å². The molecule has 0 heterocycles. The summed E-state index contributed by atoms with van der Waals surface area (Å²) in [7, 11) is 0. The van der Waals surface area contributed by atoms with E-state index in [4.69, 9.17) is 0 Å². The first kappa shape index (κ1) is 8.10. The van der Waals surface area contributed by atoms with Crippen molar-refractivity contribution < 1.29 is 0 Å². The molecular weight excluding hydrogens is 120 g/mol. The fourth-order valence-electron chi connectivity index (χ4n) is 1.95. The third kappa shape index (κ3) is 2.00. The van der Waals surface area contributed by atoms with Gasteiger partial charge in [-0.05, 0) is 30.6 Å². The summed E-state index contributed by atoms with van der Waals surface area (Å²) in [6.07, 6.45) is 5.92.